The van der Waals surface area contributed by atoms with E-state index in [0.717, 1.165) is 37.1 Å². The van der Waals surface area contributed by atoms with Crippen molar-refractivity contribution in [3.63, 3.8) is 0 Å². The summed E-state index contributed by atoms with van der Waals surface area (Å²) in [6.07, 6.45) is 2.98. The third-order valence-electron chi connectivity index (χ3n) is 7.45. The summed E-state index contributed by atoms with van der Waals surface area (Å²) in [5.74, 6) is 1.22. The van der Waals surface area contributed by atoms with Crippen molar-refractivity contribution in [2.45, 2.75) is 83.2 Å². The number of esters is 1. The largest absolute Gasteiger partial charge is 0.492 e. The normalized spacial score (nSPS) is 26.0. The molecule has 1 unspecified atom stereocenters. The van der Waals surface area contributed by atoms with Gasteiger partial charge in [-0.25, -0.2) is 0 Å². The minimum Gasteiger partial charge on any atom is -0.492 e. The number of benzene rings is 1. The van der Waals surface area contributed by atoms with Crippen molar-refractivity contribution in [1.82, 2.24) is 4.90 Å². The van der Waals surface area contributed by atoms with Gasteiger partial charge in [-0.05, 0) is 77.2 Å². The van der Waals surface area contributed by atoms with Crippen molar-refractivity contribution in [1.29, 1.82) is 0 Å². The second kappa shape index (κ2) is 12.7. The van der Waals surface area contributed by atoms with E-state index in [1.165, 1.54) is 0 Å². The van der Waals surface area contributed by atoms with Gasteiger partial charge in [0.15, 0.2) is 0 Å². The maximum absolute atomic E-state index is 12.8. The lowest BCUT2D eigenvalue weighted by atomic mass is 9.68. The van der Waals surface area contributed by atoms with Gasteiger partial charge in [-0.15, -0.1) is 0 Å². The quantitative estimate of drug-likeness (QED) is 0.272. The molecule has 204 valence electrons. The molecule has 1 aliphatic carbocycles. The van der Waals surface area contributed by atoms with Gasteiger partial charge < -0.3 is 28.6 Å². The van der Waals surface area contributed by atoms with Crippen LogP contribution in [0.4, 0.5) is 0 Å². The molecule has 1 aliphatic heterocycles. The van der Waals surface area contributed by atoms with E-state index in [4.69, 9.17) is 23.7 Å². The summed E-state index contributed by atoms with van der Waals surface area (Å²) in [7, 11) is 5.74. The van der Waals surface area contributed by atoms with Gasteiger partial charge in [0.05, 0.1) is 17.8 Å². The second-order valence-electron chi connectivity index (χ2n) is 11.5. The van der Waals surface area contributed by atoms with Gasteiger partial charge in [-0.3, -0.25) is 4.79 Å². The SMILES string of the molecule is CO[C@H]1[C@H](C(C)(C)OCCC(C)C)C2(CC[C@H]1OC(=O)CCc1ccc(OCCN(C)C)cc1)CO2. The number of likely N-dealkylation sites (N-methyl/N-ethyl adjacent to an activating group) is 1. The monoisotopic (exact) mass is 505 g/mol. The molecule has 3 rings (SSSR count). The van der Waals surface area contributed by atoms with E-state index in [2.05, 4.69) is 32.6 Å². The Kier molecular flexibility index (Phi) is 10.2. The van der Waals surface area contributed by atoms with Crippen molar-refractivity contribution in [2.75, 3.05) is 47.6 Å². The van der Waals surface area contributed by atoms with E-state index >= 15 is 0 Å². The standard InChI is InChI=1S/C29H47NO6/c1-21(2)15-18-34-28(3,4)27-26(32-7)24(14-16-29(27)20-35-29)36-25(31)13-10-22-8-11-23(12-9-22)33-19-17-30(5)6/h8-9,11-12,21,24,26-27H,10,13-20H2,1-7H3/t24-,26-,27-,29?/m1/s1. The highest BCUT2D eigenvalue weighted by atomic mass is 16.6. The molecule has 2 aliphatic rings. The van der Waals surface area contributed by atoms with Crippen LogP contribution in [0.2, 0.25) is 0 Å². The van der Waals surface area contributed by atoms with Gasteiger partial charge in [0.2, 0.25) is 0 Å². The fourth-order valence-electron chi connectivity index (χ4n) is 5.30. The topological polar surface area (TPSA) is 69.8 Å². The molecule has 36 heavy (non-hydrogen) atoms. The van der Waals surface area contributed by atoms with Gasteiger partial charge in [0, 0.05) is 32.6 Å². The summed E-state index contributed by atoms with van der Waals surface area (Å²) in [6, 6.07) is 7.94. The molecular formula is C29H47NO6. The molecule has 0 radical (unpaired) electrons. The molecule has 7 nitrogen and oxygen atoms in total. The van der Waals surface area contributed by atoms with Crippen LogP contribution < -0.4 is 4.74 Å². The summed E-state index contributed by atoms with van der Waals surface area (Å²) >= 11 is 0. The molecule has 0 aromatic heterocycles. The van der Waals surface area contributed by atoms with Crippen LogP contribution >= 0.6 is 0 Å². The Hall–Kier alpha value is -1.67. The zero-order chi connectivity index (χ0) is 26.3. The van der Waals surface area contributed by atoms with Crippen molar-refractivity contribution < 1.29 is 28.5 Å². The molecule has 0 bridgehead atoms. The van der Waals surface area contributed by atoms with E-state index in [-0.39, 0.29) is 29.7 Å². The predicted octanol–water partition coefficient (Wildman–Crippen LogP) is 4.51. The number of hydrogen-bond donors (Lipinski definition) is 0. The molecule has 0 amide bonds. The first kappa shape index (κ1) is 28.9. The first-order valence-corrected chi connectivity index (χ1v) is 13.4. The van der Waals surface area contributed by atoms with E-state index in [9.17, 15) is 4.79 Å². The number of hydrogen-bond acceptors (Lipinski definition) is 7. The second-order valence-corrected chi connectivity index (χ2v) is 11.5. The maximum atomic E-state index is 12.8. The Morgan fingerprint density at radius 2 is 1.89 bits per heavy atom. The summed E-state index contributed by atoms with van der Waals surface area (Å²) in [4.78, 5) is 14.9. The Bertz CT molecular complexity index is 818. The molecular weight excluding hydrogens is 458 g/mol. The predicted molar refractivity (Wildman–Crippen MR) is 140 cm³/mol. The van der Waals surface area contributed by atoms with Crippen molar-refractivity contribution in [3.05, 3.63) is 29.8 Å². The minimum absolute atomic E-state index is 0.00578. The summed E-state index contributed by atoms with van der Waals surface area (Å²) in [5.41, 5.74) is 0.399. The molecule has 4 atom stereocenters. The lowest BCUT2D eigenvalue weighted by Gasteiger charge is -2.47. The Morgan fingerprint density at radius 1 is 1.19 bits per heavy atom. The van der Waals surface area contributed by atoms with Crippen LogP contribution in [0.5, 0.6) is 5.75 Å². The number of carbonyl (C=O) groups is 1. The first-order chi connectivity index (χ1) is 17.1. The number of methoxy groups -OCH3 is 1. The van der Waals surface area contributed by atoms with Crippen LogP contribution in [-0.2, 0) is 30.2 Å². The smallest absolute Gasteiger partial charge is 0.306 e. The highest BCUT2D eigenvalue weighted by Crippen LogP contribution is 2.52. The first-order valence-electron chi connectivity index (χ1n) is 13.4. The molecule has 7 heteroatoms. The molecule has 0 N–H and O–H groups in total. The summed E-state index contributed by atoms with van der Waals surface area (Å²) in [6.45, 7) is 11.5. The van der Waals surface area contributed by atoms with Crippen LogP contribution in [-0.4, -0.2) is 81.8 Å². The molecule has 1 aromatic rings. The molecule has 1 spiro atoms. The lowest BCUT2D eigenvalue weighted by molar-refractivity contribution is -0.194. The molecule has 1 aromatic carbocycles. The Morgan fingerprint density at radius 3 is 2.47 bits per heavy atom. The number of rotatable bonds is 14. The fraction of sp³-hybridized carbons (Fsp3) is 0.759. The zero-order valence-corrected chi connectivity index (χ0v) is 23.4. The average Bonchev–Trinajstić information content (AvgIpc) is 3.58. The van der Waals surface area contributed by atoms with Gasteiger partial charge >= 0.3 is 5.97 Å². The van der Waals surface area contributed by atoms with Crippen molar-refractivity contribution >= 4 is 5.97 Å². The van der Waals surface area contributed by atoms with E-state index in [0.29, 0.717) is 38.6 Å². The number of aryl methyl sites for hydroxylation is 1. The third-order valence-corrected chi connectivity index (χ3v) is 7.45. The van der Waals surface area contributed by atoms with Crippen molar-refractivity contribution in [2.24, 2.45) is 11.8 Å². The Balaban J connectivity index is 1.54. The van der Waals surface area contributed by atoms with Crippen LogP contribution in [0.25, 0.3) is 0 Å². The molecule has 2 fully saturated rings. The minimum atomic E-state index is -0.451. The number of nitrogens with zero attached hydrogens (tertiary/aromatic N) is 1. The van der Waals surface area contributed by atoms with Crippen LogP contribution in [0.1, 0.15) is 58.9 Å². The van der Waals surface area contributed by atoms with Crippen LogP contribution in [0, 0.1) is 11.8 Å². The maximum Gasteiger partial charge on any atom is 0.306 e. The van der Waals surface area contributed by atoms with Gasteiger partial charge in [-0.1, -0.05) is 26.0 Å². The molecule has 1 saturated heterocycles. The highest BCUT2D eigenvalue weighted by molar-refractivity contribution is 5.70. The molecule has 1 heterocycles. The van der Waals surface area contributed by atoms with Gasteiger partial charge in [0.1, 0.15) is 24.6 Å². The summed E-state index contributed by atoms with van der Waals surface area (Å²) < 4.78 is 30.1. The van der Waals surface area contributed by atoms with E-state index < -0.39 is 5.60 Å². The van der Waals surface area contributed by atoms with Crippen LogP contribution in [0.3, 0.4) is 0 Å². The highest BCUT2D eigenvalue weighted by Gasteiger charge is 2.64. The third kappa shape index (κ3) is 7.91. The van der Waals surface area contributed by atoms with E-state index in [1.807, 2.05) is 38.4 Å². The number of epoxide rings is 1. The van der Waals surface area contributed by atoms with E-state index in [1.54, 1.807) is 7.11 Å². The number of carbonyl (C=O) groups excluding carboxylic acids is 1. The molecule has 1 saturated carbocycles. The average molecular weight is 506 g/mol. The van der Waals surface area contributed by atoms with Crippen molar-refractivity contribution in [3.8, 4) is 5.75 Å². The zero-order valence-electron chi connectivity index (χ0n) is 23.4. The lowest BCUT2D eigenvalue weighted by Crippen LogP contribution is -2.58. The van der Waals surface area contributed by atoms with Crippen LogP contribution in [0.15, 0.2) is 24.3 Å². The summed E-state index contributed by atoms with van der Waals surface area (Å²) in [5, 5.41) is 0. The van der Waals surface area contributed by atoms with Gasteiger partial charge in [-0.2, -0.15) is 0 Å². The Labute approximate surface area is 217 Å². The fourth-order valence-corrected chi connectivity index (χ4v) is 5.30. The number of ether oxygens (including phenoxy) is 5. The van der Waals surface area contributed by atoms with Gasteiger partial charge in [0.25, 0.3) is 0 Å².